The number of carboxylic acid groups (broad SMARTS) is 1. The summed E-state index contributed by atoms with van der Waals surface area (Å²) in [5, 5.41) is 12.3. The number of furan rings is 1. The highest BCUT2D eigenvalue weighted by Crippen LogP contribution is 2.45. The SMILES string of the molecule is Cc1ccc(C(=O)NC2CCC(C(=O)O)C(C)(C)C2C)o1. The lowest BCUT2D eigenvalue weighted by molar-refractivity contribution is -0.150. The third-order valence-electron chi connectivity index (χ3n) is 5.02. The smallest absolute Gasteiger partial charge is 0.307 e. The molecular formula is C16H23NO4. The maximum atomic E-state index is 12.2. The monoisotopic (exact) mass is 293 g/mol. The average Bonchev–Trinajstić information content (AvgIpc) is 2.81. The van der Waals surface area contributed by atoms with Gasteiger partial charge in [-0.1, -0.05) is 20.8 Å². The Morgan fingerprint density at radius 3 is 2.52 bits per heavy atom. The molecule has 0 aliphatic heterocycles. The van der Waals surface area contributed by atoms with Crippen molar-refractivity contribution >= 4 is 11.9 Å². The van der Waals surface area contributed by atoms with E-state index in [2.05, 4.69) is 5.32 Å². The van der Waals surface area contributed by atoms with Crippen LogP contribution in [-0.2, 0) is 4.79 Å². The Hall–Kier alpha value is -1.78. The van der Waals surface area contributed by atoms with Gasteiger partial charge >= 0.3 is 5.97 Å². The van der Waals surface area contributed by atoms with Crippen LogP contribution in [0.3, 0.4) is 0 Å². The van der Waals surface area contributed by atoms with Crippen molar-refractivity contribution < 1.29 is 19.1 Å². The van der Waals surface area contributed by atoms with E-state index in [-0.39, 0.29) is 29.2 Å². The van der Waals surface area contributed by atoms with Crippen molar-refractivity contribution in [2.75, 3.05) is 0 Å². The molecule has 1 aromatic heterocycles. The minimum Gasteiger partial charge on any atom is -0.481 e. The number of carbonyl (C=O) groups excluding carboxylic acids is 1. The molecule has 1 fully saturated rings. The van der Waals surface area contributed by atoms with Gasteiger partial charge < -0.3 is 14.8 Å². The van der Waals surface area contributed by atoms with Gasteiger partial charge in [0.25, 0.3) is 5.91 Å². The van der Waals surface area contributed by atoms with E-state index in [4.69, 9.17) is 4.42 Å². The predicted octanol–water partition coefficient (Wildman–Crippen LogP) is 2.84. The molecule has 2 N–H and O–H groups in total. The van der Waals surface area contributed by atoms with E-state index in [1.807, 2.05) is 20.8 Å². The molecule has 1 aliphatic carbocycles. The normalized spacial score (nSPS) is 28.1. The molecule has 1 saturated carbocycles. The first-order valence-corrected chi connectivity index (χ1v) is 7.33. The standard InChI is InChI=1S/C16H23NO4/c1-9-5-8-13(21-9)14(18)17-12-7-6-11(15(19)20)16(3,4)10(12)2/h5,8,10-12H,6-7H2,1-4H3,(H,17,18)(H,19,20). The Bertz CT molecular complexity index is 546. The van der Waals surface area contributed by atoms with Gasteiger partial charge in [-0.2, -0.15) is 0 Å². The molecule has 116 valence electrons. The van der Waals surface area contributed by atoms with Gasteiger partial charge in [-0.25, -0.2) is 0 Å². The van der Waals surface area contributed by atoms with Crippen LogP contribution in [0.5, 0.6) is 0 Å². The zero-order chi connectivity index (χ0) is 15.8. The molecule has 5 nitrogen and oxygen atoms in total. The Morgan fingerprint density at radius 2 is 2.00 bits per heavy atom. The van der Waals surface area contributed by atoms with Crippen LogP contribution in [-0.4, -0.2) is 23.0 Å². The molecule has 1 aliphatic rings. The minimum atomic E-state index is -0.752. The van der Waals surface area contributed by atoms with E-state index >= 15 is 0 Å². The van der Waals surface area contributed by atoms with E-state index in [0.717, 1.165) is 0 Å². The zero-order valence-electron chi connectivity index (χ0n) is 13.0. The highest BCUT2D eigenvalue weighted by molar-refractivity contribution is 5.91. The third kappa shape index (κ3) is 2.96. The van der Waals surface area contributed by atoms with Crippen molar-refractivity contribution in [3.05, 3.63) is 23.7 Å². The number of hydrogen-bond acceptors (Lipinski definition) is 3. The number of carbonyl (C=O) groups is 2. The van der Waals surface area contributed by atoms with E-state index in [9.17, 15) is 14.7 Å². The van der Waals surface area contributed by atoms with Gasteiger partial charge in [-0.15, -0.1) is 0 Å². The predicted molar refractivity (Wildman–Crippen MR) is 78.0 cm³/mol. The summed E-state index contributed by atoms with van der Waals surface area (Å²) in [6.07, 6.45) is 1.25. The lowest BCUT2D eigenvalue weighted by Crippen LogP contribution is -2.52. The van der Waals surface area contributed by atoms with Crippen molar-refractivity contribution in [1.82, 2.24) is 5.32 Å². The molecule has 1 amide bonds. The zero-order valence-corrected chi connectivity index (χ0v) is 13.0. The van der Waals surface area contributed by atoms with Gasteiger partial charge in [0.05, 0.1) is 5.92 Å². The third-order valence-corrected chi connectivity index (χ3v) is 5.02. The number of nitrogens with one attached hydrogen (secondary N) is 1. The minimum absolute atomic E-state index is 0.0338. The molecule has 1 heterocycles. The summed E-state index contributed by atoms with van der Waals surface area (Å²) < 4.78 is 5.33. The summed E-state index contributed by atoms with van der Waals surface area (Å²) in [5.74, 6) is -0.275. The van der Waals surface area contributed by atoms with E-state index in [1.54, 1.807) is 19.1 Å². The van der Waals surface area contributed by atoms with Crippen molar-refractivity contribution in [3.63, 3.8) is 0 Å². The van der Waals surface area contributed by atoms with Crippen LogP contribution in [0.15, 0.2) is 16.5 Å². The second kappa shape index (κ2) is 5.54. The Balaban J connectivity index is 2.09. The van der Waals surface area contributed by atoms with Gasteiger partial charge in [-0.3, -0.25) is 9.59 Å². The second-order valence-corrected chi connectivity index (χ2v) is 6.57. The fraction of sp³-hybridized carbons (Fsp3) is 0.625. The van der Waals surface area contributed by atoms with Crippen molar-refractivity contribution in [2.45, 2.75) is 46.6 Å². The van der Waals surface area contributed by atoms with Crippen LogP contribution in [0.25, 0.3) is 0 Å². The molecule has 0 saturated heterocycles. The van der Waals surface area contributed by atoms with Gasteiger partial charge in [0.1, 0.15) is 5.76 Å². The molecule has 1 aromatic rings. The fourth-order valence-electron chi connectivity index (χ4n) is 3.24. The highest BCUT2D eigenvalue weighted by atomic mass is 16.4. The van der Waals surface area contributed by atoms with Crippen molar-refractivity contribution in [2.24, 2.45) is 17.3 Å². The highest BCUT2D eigenvalue weighted by Gasteiger charge is 2.46. The van der Waals surface area contributed by atoms with Crippen LogP contribution < -0.4 is 5.32 Å². The molecule has 2 rings (SSSR count). The molecule has 0 aromatic carbocycles. The summed E-state index contributed by atoms with van der Waals surface area (Å²) in [6, 6.07) is 3.38. The quantitative estimate of drug-likeness (QED) is 0.898. The Kier molecular flexibility index (Phi) is 4.12. The van der Waals surface area contributed by atoms with Crippen LogP contribution in [0, 0.1) is 24.2 Å². The number of amides is 1. The Labute approximate surface area is 124 Å². The van der Waals surface area contributed by atoms with E-state index < -0.39 is 5.97 Å². The van der Waals surface area contributed by atoms with Gasteiger partial charge in [0.15, 0.2) is 5.76 Å². The largest absolute Gasteiger partial charge is 0.481 e. The van der Waals surface area contributed by atoms with Crippen LogP contribution >= 0.6 is 0 Å². The number of rotatable bonds is 3. The fourth-order valence-corrected chi connectivity index (χ4v) is 3.24. The van der Waals surface area contributed by atoms with Gasteiger partial charge in [-0.05, 0) is 43.2 Å². The lowest BCUT2D eigenvalue weighted by Gasteiger charge is -2.46. The molecular weight excluding hydrogens is 270 g/mol. The molecule has 3 unspecified atom stereocenters. The molecule has 21 heavy (non-hydrogen) atoms. The number of aliphatic carboxylic acids is 1. The summed E-state index contributed by atoms with van der Waals surface area (Å²) in [7, 11) is 0. The first-order valence-electron chi connectivity index (χ1n) is 7.33. The molecule has 3 atom stereocenters. The Morgan fingerprint density at radius 1 is 1.33 bits per heavy atom. The van der Waals surface area contributed by atoms with Crippen LogP contribution in [0.1, 0.15) is 49.9 Å². The van der Waals surface area contributed by atoms with Gasteiger partial charge in [0.2, 0.25) is 0 Å². The summed E-state index contributed by atoms with van der Waals surface area (Å²) in [6.45, 7) is 7.73. The van der Waals surface area contributed by atoms with Crippen molar-refractivity contribution in [1.29, 1.82) is 0 Å². The maximum absolute atomic E-state index is 12.2. The second-order valence-electron chi connectivity index (χ2n) is 6.57. The topological polar surface area (TPSA) is 79.5 Å². The summed E-state index contributed by atoms with van der Waals surface area (Å²) in [4.78, 5) is 23.5. The molecule has 0 spiro atoms. The maximum Gasteiger partial charge on any atom is 0.307 e. The van der Waals surface area contributed by atoms with Gasteiger partial charge in [0, 0.05) is 6.04 Å². The number of hydrogen-bond donors (Lipinski definition) is 2. The lowest BCUT2D eigenvalue weighted by atomic mass is 9.61. The first kappa shape index (κ1) is 15.6. The summed E-state index contributed by atoms with van der Waals surface area (Å²) in [5.41, 5.74) is -0.360. The molecule has 0 bridgehead atoms. The first-order chi connectivity index (χ1) is 9.73. The van der Waals surface area contributed by atoms with Crippen molar-refractivity contribution in [3.8, 4) is 0 Å². The van der Waals surface area contributed by atoms with E-state index in [1.165, 1.54) is 0 Å². The number of carboxylic acids is 1. The van der Waals surface area contributed by atoms with E-state index in [0.29, 0.717) is 24.4 Å². The summed E-state index contributed by atoms with van der Waals surface area (Å²) >= 11 is 0. The number of aryl methyl sites for hydroxylation is 1. The molecule has 0 radical (unpaired) electrons. The van der Waals surface area contributed by atoms with Crippen LogP contribution in [0.4, 0.5) is 0 Å². The average molecular weight is 293 g/mol. The molecule has 5 heteroatoms. The van der Waals surface area contributed by atoms with Crippen LogP contribution in [0.2, 0.25) is 0 Å².